The Labute approximate surface area is 260 Å². The molecule has 2 saturated carbocycles. The highest BCUT2D eigenvalue weighted by atomic mass is 35.5. The molecule has 244 valence electrons. The summed E-state index contributed by atoms with van der Waals surface area (Å²) in [5.41, 5.74) is 2.82. The van der Waals surface area contributed by atoms with Crippen molar-refractivity contribution in [3.05, 3.63) is 33.9 Å². The van der Waals surface area contributed by atoms with Crippen molar-refractivity contribution >= 4 is 35.1 Å². The molecule has 0 aromatic rings. The predicted molar refractivity (Wildman–Crippen MR) is 154 cm³/mol. The first-order valence-corrected chi connectivity index (χ1v) is 15.3. The van der Waals surface area contributed by atoms with Crippen LogP contribution in [0.25, 0.3) is 0 Å². The summed E-state index contributed by atoms with van der Waals surface area (Å²) in [6.45, 7) is 4.48. The molecule has 9 atom stereocenters. The SMILES string of the molecule is C[C@H]1C[C@H]2[C@@H]3CC=C4CC(=O)C=C[C@]4(C)[C@@]3(Cl)[C@@H](O)C[C@]2(C)C1(O)C(=O)COC(=O)CC(N)C(=O)OCCCCO[N+](=O)[O-]. The molecule has 4 aliphatic carbocycles. The Morgan fingerprint density at radius 1 is 1.20 bits per heavy atom. The second kappa shape index (κ2) is 12.5. The van der Waals surface area contributed by atoms with Crippen LogP contribution in [0.1, 0.15) is 65.7 Å². The number of halogens is 1. The van der Waals surface area contributed by atoms with Crippen molar-refractivity contribution in [1.82, 2.24) is 0 Å². The zero-order valence-electron chi connectivity index (χ0n) is 25.2. The highest BCUT2D eigenvalue weighted by Gasteiger charge is 2.74. The van der Waals surface area contributed by atoms with E-state index in [4.69, 9.17) is 26.8 Å². The first-order chi connectivity index (χ1) is 20.5. The molecule has 0 aromatic heterocycles. The largest absolute Gasteiger partial charge is 0.465 e. The number of fused-ring (bicyclic) bond motifs is 5. The Bertz CT molecular complexity index is 1270. The van der Waals surface area contributed by atoms with Gasteiger partial charge in [-0.2, -0.15) is 0 Å². The van der Waals surface area contributed by atoms with Crippen molar-refractivity contribution in [3.63, 3.8) is 0 Å². The second-order valence-electron chi connectivity index (χ2n) is 13.0. The van der Waals surface area contributed by atoms with Crippen LogP contribution in [0.4, 0.5) is 0 Å². The molecule has 0 aromatic carbocycles. The van der Waals surface area contributed by atoms with Gasteiger partial charge in [-0.25, -0.2) is 0 Å². The summed E-state index contributed by atoms with van der Waals surface area (Å²) in [5.74, 6) is -3.64. The van der Waals surface area contributed by atoms with E-state index in [1.807, 2.05) is 13.0 Å². The molecule has 0 amide bonds. The number of rotatable bonds is 12. The number of aliphatic hydroxyl groups excluding tert-OH is 1. The van der Waals surface area contributed by atoms with E-state index >= 15 is 0 Å². The van der Waals surface area contributed by atoms with Gasteiger partial charge in [-0.3, -0.25) is 19.2 Å². The standard InChI is InChI=1S/C30H41ClN2O11/c1-17-12-21-20-7-6-18-13-19(34)8-9-27(18,2)29(20,31)23(35)15-28(21,3)30(17,39)24(36)16-43-25(37)14-22(32)26(38)42-10-4-5-11-44-33(40)41/h6,8-9,17,20-23,35,39H,4-5,7,10-16,32H2,1-3H3/t17-,20-,21-,22?,23-,27-,28-,29-,30?/m0/s1. The molecular formula is C30H41ClN2O11. The number of unbranched alkanes of at least 4 members (excludes halogenated alkanes) is 1. The zero-order valence-corrected chi connectivity index (χ0v) is 25.9. The van der Waals surface area contributed by atoms with Crippen molar-refractivity contribution < 1.29 is 48.8 Å². The highest BCUT2D eigenvalue weighted by Crippen LogP contribution is 2.70. The van der Waals surface area contributed by atoms with Gasteiger partial charge >= 0.3 is 11.9 Å². The predicted octanol–water partition coefficient (Wildman–Crippen LogP) is 1.97. The molecule has 4 rings (SSSR count). The van der Waals surface area contributed by atoms with E-state index in [1.54, 1.807) is 19.9 Å². The van der Waals surface area contributed by atoms with Crippen LogP contribution in [0, 0.1) is 38.7 Å². The van der Waals surface area contributed by atoms with E-state index in [2.05, 4.69) is 4.84 Å². The number of nitrogens with zero attached hydrogens (tertiary/aromatic N) is 1. The van der Waals surface area contributed by atoms with Crippen LogP contribution in [-0.2, 0) is 33.5 Å². The lowest BCUT2D eigenvalue weighted by Crippen LogP contribution is -2.68. The molecule has 0 spiro atoms. The third-order valence-corrected chi connectivity index (χ3v) is 11.6. The smallest absolute Gasteiger partial charge is 0.323 e. The maximum absolute atomic E-state index is 13.6. The number of Topliss-reactive ketones (excluding diaryl/α,β-unsaturated/α-hetero) is 1. The lowest BCUT2D eigenvalue weighted by Gasteiger charge is -2.63. The van der Waals surface area contributed by atoms with Crippen LogP contribution in [0.2, 0.25) is 0 Å². The van der Waals surface area contributed by atoms with Crippen LogP contribution in [0.3, 0.4) is 0 Å². The summed E-state index contributed by atoms with van der Waals surface area (Å²) >= 11 is 7.41. The quantitative estimate of drug-likeness (QED) is 0.0699. The van der Waals surface area contributed by atoms with E-state index in [0.29, 0.717) is 12.8 Å². The van der Waals surface area contributed by atoms with Gasteiger partial charge in [0.15, 0.2) is 12.4 Å². The number of esters is 2. The Hall–Kier alpha value is -2.87. The Morgan fingerprint density at radius 2 is 1.89 bits per heavy atom. The molecule has 0 radical (unpaired) electrons. The van der Waals surface area contributed by atoms with Gasteiger partial charge in [0, 0.05) is 17.3 Å². The second-order valence-corrected chi connectivity index (χ2v) is 13.6. The van der Waals surface area contributed by atoms with Gasteiger partial charge in [0.2, 0.25) is 5.78 Å². The monoisotopic (exact) mass is 640 g/mol. The lowest BCUT2D eigenvalue weighted by molar-refractivity contribution is -0.757. The maximum Gasteiger partial charge on any atom is 0.323 e. The molecule has 13 nitrogen and oxygen atoms in total. The fraction of sp³-hybridized carbons (Fsp3) is 0.733. The number of allylic oxidation sites excluding steroid dienone is 4. The maximum atomic E-state index is 13.6. The van der Waals surface area contributed by atoms with Crippen molar-refractivity contribution in [2.75, 3.05) is 19.8 Å². The molecular weight excluding hydrogens is 600 g/mol. The average Bonchev–Trinajstić information content (AvgIpc) is 3.15. The summed E-state index contributed by atoms with van der Waals surface area (Å²) < 4.78 is 10.1. The number of ether oxygens (including phenoxy) is 2. The highest BCUT2D eigenvalue weighted by molar-refractivity contribution is 6.26. The zero-order chi connectivity index (χ0) is 32.7. The summed E-state index contributed by atoms with van der Waals surface area (Å²) in [5, 5.41) is 32.9. The van der Waals surface area contributed by atoms with E-state index in [1.165, 1.54) is 6.08 Å². The van der Waals surface area contributed by atoms with Gasteiger partial charge < -0.3 is 30.3 Å². The first kappa shape index (κ1) is 34.0. The van der Waals surface area contributed by atoms with Crippen molar-refractivity contribution in [1.29, 1.82) is 0 Å². The number of ketones is 2. The molecule has 0 saturated heterocycles. The number of nitrogens with two attached hydrogens (primary N) is 1. The van der Waals surface area contributed by atoms with Gasteiger partial charge in [0.1, 0.15) is 11.6 Å². The average molecular weight is 641 g/mol. The third-order valence-electron chi connectivity index (χ3n) is 10.6. The van der Waals surface area contributed by atoms with E-state index < -0.39 is 75.2 Å². The number of hydrogen-bond donors (Lipinski definition) is 3. The fourth-order valence-electron chi connectivity index (χ4n) is 8.25. The van der Waals surface area contributed by atoms with E-state index in [-0.39, 0.29) is 56.5 Å². The first-order valence-electron chi connectivity index (χ1n) is 14.9. The number of carbonyl (C=O) groups is 4. The van der Waals surface area contributed by atoms with Gasteiger partial charge in [0.05, 0.1) is 30.6 Å². The molecule has 4 N–H and O–H groups in total. The molecule has 2 fully saturated rings. The topological polar surface area (TPSA) is 206 Å². The minimum atomic E-state index is -1.93. The van der Waals surface area contributed by atoms with Gasteiger partial charge in [-0.1, -0.05) is 38.5 Å². The fourth-order valence-corrected chi connectivity index (χ4v) is 8.75. The summed E-state index contributed by atoms with van der Waals surface area (Å²) in [4.78, 5) is 63.5. The normalized spacial score (nSPS) is 38.0. The molecule has 14 heteroatoms. The van der Waals surface area contributed by atoms with Crippen LogP contribution in [0.15, 0.2) is 23.8 Å². The Morgan fingerprint density at radius 3 is 2.57 bits per heavy atom. The Balaban J connectivity index is 1.38. The van der Waals surface area contributed by atoms with Crippen LogP contribution in [-0.4, -0.2) is 81.2 Å². The molecule has 0 bridgehead atoms. The van der Waals surface area contributed by atoms with Gasteiger partial charge in [0.25, 0.3) is 5.09 Å². The minimum absolute atomic E-state index is 0.0255. The molecule has 0 heterocycles. The molecule has 0 aliphatic heterocycles. The van der Waals surface area contributed by atoms with Gasteiger partial charge in [-0.15, -0.1) is 21.7 Å². The summed E-state index contributed by atoms with van der Waals surface area (Å²) in [6.07, 6.45) is 5.38. The molecule has 2 unspecified atom stereocenters. The van der Waals surface area contributed by atoms with Crippen molar-refractivity contribution in [3.8, 4) is 0 Å². The van der Waals surface area contributed by atoms with Gasteiger partial charge in [-0.05, 0) is 55.9 Å². The number of alkyl halides is 1. The van der Waals surface area contributed by atoms with Crippen LogP contribution >= 0.6 is 11.6 Å². The number of hydrogen-bond acceptors (Lipinski definition) is 12. The van der Waals surface area contributed by atoms with E-state index in [0.717, 1.165) is 5.57 Å². The molecule has 4 aliphatic rings. The summed E-state index contributed by atoms with van der Waals surface area (Å²) in [6, 6.07) is -1.36. The van der Waals surface area contributed by atoms with Crippen molar-refractivity contribution in [2.24, 2.45) is 34.3 Å². The summed E-state index contributed by atoms with van der Waals surface area (Å²) in [7, 11) is 0. The number of aliphatic hydroxyl groups is 2. The third kappa shape index (κ3) is 5.56. The molecule has 44 heavy (non-hydrogen) atoms. The lowest BCUT2D eigenvalue weighted by atomic mass is 9.46. The minimum Gasteiger partial charge on any atom is -0.465 e. The van der Waals surface area contributed by atoms with Crippen LogP contribution in [0.5, 0.6) is 0 Å². The van der Waals surface area contributed by atoms with Crippen LogP contribution < -0.4 is 5.73 Å². The Kier molecular flexibility index (Phi) is 9.66. The van der Waals surface area contributed by atoms with E-state index in [9.17, 15) is 39.5 Å². The van der Waals surface area contributed by atoms with Crippen molar-refractivity contribution in [2.45, 2.75) is 88.3 Å². The number of carbonyl (C=O) groups excluding carboxylic acids is 4.